The average Bonchev–Trinajstić information content (AvgIpc) is 3.00. The van der Waals surface area contributed by atoms with Crippen LogP contribution >= 0.6 is 27.3 Å². The molecule has 102 valence electrons. The molecule has 0 aliphatic carbocycles. The number of rotatable bonds is 5. The molecule has 0 aliphatic heterocycles. The molecule has 0 spiro atoms. The lowest BCUT2D eigenvalue weighted by Crippen LogP contribution is -2.34. The van der Waals surface area contributed by atoms with Gasteiger partial charge in [-0.1, -0.05) is 6.07 Å². The van der Waals surface area contributed by atoms with E-state index in [0.717, 1.165) is 0 Å². The summed E-state index contributed by atoms with van der Waals surface area (Å²) in [4.78, 5) is 15.2. The van der Waals surface area contributed by atoms with E-state index in [0.29, 0.717) is 17.0 Å². The molecule has 0 radical (unpaired) electrons. The summed E-state index contributed by atoms with van der Waals surface area (Å²) in [5, 5.41) is 4.93. The van der Waals surface area contributed by atoms with Gasteiger partial charge < -0.3 is 14.6 Å². The second-order valence-corrected chi connectivity index (χ2v) is 6.07. The van der Waals surface area contributed by atoms with E-state index in [2.05, 4.69) is 32.2 Å². The number of nitrogens with zero attached hydrogens (tertiary/aromatic N) is 1. The van der Waals surface area contributed by atoms with Gasteiger partial charge in [0.05, 0.1) is 6.04 Å². The van der Waals surface area contributed by atoms with E-state index in [-0.39, 0.29) is 11.9 Å². The average molecular weight is 343 g/mol. The highest BCUT2D eigenvalue weighted by Gasteiger charge is 2.17. The van der Waals surface area contributed by atoms with Crippen molar-refractivity contribution in [3.05, 3.63) is 45.0 Å². The molecule has 0 fully saturated rings. The van der Waals surface area contributed by atoms with Gasteiger partial charge >= 0.3 is 0 Å². The highest BCUT2D eigenvalue weighted by Crippen LogP contribution is 2.22. The number of amides is 1. The fourth-order valence-electron chi connectivity index (χ4n) is 1.73. The molecule has 2 aromatic rings. The molecule has 0 saturated heterocycles. The standard InChI is InChI=1S/C13H15BrN2O2S/c1-16(2)9(11-4-3-7-19-11)8-15-13(17)10-5-6-12(14)18-10/h3-7,9H,8H2,1-2H3,(H,15,17). The van der Waals surface area contributed by atoms with Crippen molar-refractivity contribution in [2.45, 2.75) is 6.04 Å². The molecule has 1 amide bonds. The predicted octanol–water partition coefficient (Wildman–Crippen LogP) is 3.14. The number of nitrogens with one attached hydrogen (secondary N) is 1. The van der Waals surface area contributed by atoms with E-state index in [1.807, 2.05) is 25.5 Å². The fraction of sp³-hybridized carbons (Fsp3) is 0.308. The van der Waals surface area contributed by atoms with Crippen molar-refractivity contribution in [2.75, 3.05) is 20.6 Å². The van der Waals surface area contributed by atoms with Crippen LogP contribution in [0.2, 0.25) is 0 Å². The van der Waals surface area contributed by atoms with Gasteiger partial charge in [-0.2, -0.15) is 0 Å². The maximum absolute atomic E-state index is 11.9. The quantitative estimate of drug-likeness (QED) is 0.907. The number of hydrogen-bond donors (Lipinski definition) is 1. The number of hydrogen-bond acceptors (Lipinski definition) is 4. The Bertz CT molecular complexity index is 537. The molecule has 1 atom stereocenters. The summed E-state index contributed by atoms with van der Waals surface area (Å²) in [7, 11) is 4.00. The van der Waals surface area contributed by atoms with Crippen molar-refractivity contribution < 1.29 is 9.21 Å². The fourth-order valence-corrected chi connectivity index (χ4v) is 2.96. The third-order valence-electron chi connectivity index (χ3n) is 2.75. The summed E-state index contributed by atoms with van der Waals surface area (Å²) in [5.41, 5.74) is 0. The predicted molar refractivity (Wildman–Crippen MR) is 79.5 cm³/mol. The Morgan fingerprint density at radius 2 is 2.26 bits per heavy atom. The first-order valence-corrected chi connectivity index (χ1v) is 7.48. The SMILES string of the molecule is CN(C)C(CNC(=O)c1ccc(Br)o1)c1cccs1. The first kappa shape index (κ1) is 14.3. The number of likely N-dealkylation sites (N-methyl/N-ethyl adjacent to an activating group) is 1. The summed E-state index contributed by atoms with van der Waals surface area (Å²) in [6, 6.07) is 7.61. The molecule has 2 heterocycles. The maximum Gasteiger partial charge on any atom is 0.287 e. The Hall–Kier alpha value is -1.11. The van der Waals surface area contributed by atoms with Crippen LogP contribution in [0.1, 0.15) is 21.5 Å². The number of carbonyl (C=O) groups excluding carboxylic acids is 1. The molecular formula is C13H15BrN2O2S. The molecule has 2 rings (SSSR count). The molecule has 1 unspecified atom stereocenters. The molecule has 0 saturated carbocycles. The Morgan fingerprint density at radius 1 is 1.47 bits per heavy atom. The third kappa shape index (κ3) is 3.68. The van der Waals surface area contributed by atoms with Gasteiger partial charge in [-0.3, -0.25) is 4.79 Å². The van der Waals surface area contributed by atoms with Crippen LogP contribution in [-0.4, -0.2) is 31.4 Å². The van der Waals surface area contributed by atoms with Crippen LogP contribution < -0.4 is 5.32 Å². The zero-order chi connectivity index (χ0) is 13.8. The zero-order valence-electron chi connectivity index (χ0n) is 10.7. The van der Waals surface area contributed by atoms with Crippen molar-refractivity contribution in [3.63, 3.8) is 0 Å². The van der Waals surface area contributed by atoms with Crippen molar-refractivity contribution in [2.24, 2.45) is 0 Å². The molecule has 0 aromatic carbocycles. The maximum atomic E-state index is 11.9. The van der Waals surface area contributed by atoms with Crippen LogP contribution in [0, 0.1) is 0 Å². The van der Waals surface area contributed by atoms with Gasteiger partial charge in [0.15, 0.2) is 10.4 Å². The van der Waals surface area contributed by atoms with Crippen LogP contribution in [0.4, 0.5) is 0 Å². The van der Waals surface area contributed by atoms with E-state index in [1.165, 1.54) is 4.88 Å². The second kappa shape index (κ2) is 6.36. The number of halogens is 1. The Kier molecular flexibility index (Phi) is 4.79. The molecule has 0 bridgehead atoms. The molecular weight excluding hydrogens is 328 g/mol. The summed E-state index contributed by atoms with van der Waals surface area (Å²) < 4.78 is 5.78. The van der Waals surface area contributed by atoms with Crippen molar-refractivity contribution in [3.8, 4) is 0 Å². The van der Waals surface area contributed by atoms with Gasteiger partial charge in [0.2, 0.25) is 0 Å². The second-order valence-electron chi connectivity index (χ2n) is 4.31. The molecule has 4 nitrogen and oxygen atoms in total. The van der Waals surface area contributed by atoms with Crippen LogP contribution in [0.3, 0.4) is 0 Å². The van der Waals surface area contributed by atoms with Crippen LogP contribution in [0.25, 0.3) is 0 Å². The highest BCUT2D eigenvalue weighted by atomic mass is 79.9. The van der Waals surface area contributed by atoms with Gasteiger partial charge in [0.25, 0.3) is 5.91 Å². The monoisotopic (exact) mass is 342 g/mol. The normalized spacial score (nSPS) is 12.6. The lowest BCUT2D eigenvalue weighted by Gasteiger charge is -2.23. The van der Waals surface area contributed by atoms with Gasteiger partial charge in [-0.15, -0.1) is 11.3 Å². The van der Waals surface area contributed by atoms with E-state index in [4.69, 9.17) is 4.42 Å². The summed E-state index contributed by atoms with van der Waals surface area (Å²) >= 11 is 4.87. The lowest BCUT2D eigenvalue weighted by atomic mass is 10.2. The molecule has 0 aliphatic rings. The molecule has 19 heavy (non-hydrogen) atoms. The minimum Gasteiger partial charge on any atom is -0.444 e. The minimum atomic E-state index is -0.200. The zero-order valence-corrected chi connectivity index (χ0v) is 13.1. The Balaban J connectivity index is 1.98. The third-order valence-corrected chi connectivity index (χ3v) is 4.15. The topological polar surface area (TPSA) is 45.5 Å². The smallest absolute Gasteiger partial charge is 0.287 e. The lowest BCUT2D eigenvalue weighted by molar-refractivity contribution is 0.0913. The first-order chi connectivity index (χ1) is 9.08. The van der Waals surface area contributed by atoms with Crippen molar-refractivity contribution in [1.29, 1.82) is 0 Å². The van der Waals surface area contributed by atoms with E-state index >= 15 is 0 Å². The van der Waals surface area contributed by atoms with E-state index in [9.17, 15) is 4.79 Å². The largest absolute Gasteiger partial charge is 0.444 e. The van der Waals surface area contributed by atoms with Crippen LogP contribution in [0.15, 0.2) is 38.7 Å². The minimum absolute atomic E-state index is 0.169. The summed E-state index contributed by atoms with van der Waals surface area (Å²) in [6.07, 6.45) is 0. The molecule has 1 N–H and O–H groups in total. The first-order valence-electron chi connectivity index (χ1n) is 5.81. The molecule has 6 heteroatoms. The van der Waals surface area contributed by atoms with Crippen molar-refractivity contribution >= 4 is 33.2 Å². The van der Waals surface area contributed by atoms with Gasteiger partial charge in [-0.05, 0) is 53.6 Å². The number of carbonyl (C=O) groups is 1. The van der Waals surface area contributed by atoms with E-state index < -0.39 is 0 Å². The Labute approximate surface area is 124 Å². The number of thiophene rings is 1. The van der Waals surface area contributed by atoms with Gasteiger partial charge in [0.1, 0.15) is 0 Å². The van der Waals surface area contributed by atoms with Crippen molar-refractivity contribution in [1.82, 2.24) is 10.2 Å². The summed E-state index contributed by atoms with van der Waals surface area (Å²) in [5.74, 6) is 0.115. The Morgan fingerprint density at radius 3 is 2.79 bits per heavy atom. The molecule has 2 aromatic heterocycles. The van der Waals surface area contributed by atoms with Crippen LogP contribution in [-0.2, 0) is 0 Å². The summed E-state index contributed by atoms with van der Waals surface area (Å²) in [6.45, 7) is 0.546. The van der Waals surface area contributed by atoms with Gasteiger partial charge in [-0.25, -0.2) is 0 Å². The van der Waals surface area contributed by atoms with E-state index in [1.54, 1.807) is 23.5 Å². The number of furan rings is 1. The van der Waals surface area contributed by atoms with Gasteiger partial charge in [0, 0.05) is 11.4 Å². The van der Waals surface area contributed by atoms with Crippen LogP contribution in [0.5, 0.6) is 0 Å². The highest BCUT2D eigenvalue weighted by molar-refractivity contribution is 9.10.